The molecule has 124 valence electrons. The SMILES string of the molecule is CCC[C@H]1O[C@](C)(CCc2ccc(OC)cc2)OC[C@@H]1CC. The summed E-state index contributed by atoms with van der Waals surface area (Å²) in [6.45, 7) is 7.35. The minimum atomic E-state index is -0.453. The summed E-state index contributed by atoms with van der Waals surface area (Å²) in [5.41, 5.74) is 1.29. The van der Waals surface area contributed by atoms with Crippen LogP contribution in [0.15, 0.2) is 24.3 Å². The molecule has 1 aliphatic heterocycles. The number of ether oxygens (including phenoxy) is 3. The first-order valence-electron chi connectivity index (χ1n) is 8.55. The molecule has 3 heteroatoms. The second kappa shape index (κ2) is 7.98. The van der Waals surface area contributed by atoms with Crippen LogP contribution in [0.4, 0.5) is 0 Å². The van der Waals surface area contributed by atoms with Crippen LogP contribution < -0.4 is 4.74 Å². The molecular weight excluding hydrogens is 276 g/mol. The molecular formula is C19H30O3. The molecule has 3 nitrogen and oxygen atoms in total. The van der Waals surface area contributed by atoms with Gasteiger partial charge < -0.3 is 14.2 Å². The van der Waals surface area contributed by atoms with Crippen molar-refractivity contribution in [3.63, 3.8) is 0 Å². The monoisotopic (exact) mass is 306 g/mol. The molecule has 1 saturated heterocycles. The van der Waals surface area contributed by atoms with E-state index in [0.717, 1.165) is 44.5 Å². The van der Waals surface area contributed by atoms with Crippen molar-refractivity contribution < 1.29 is 14.2 Å². The smallest absolute Gasteiger partial charge is 0.166 e. The molecule has 2 rings (SSSR count). The number of hydrogen-bond donors (Lipinski definition) is 0. The molecule has 1 fully saturated rings. The molecule has 0 radical (unpaired) electrons. The Morgan fingerprint density at radius 1 is 1.23 bits per heavy atom. The molecule has 1 aromatic rings. The lowest BCUT2D eigenvalue weighted by Gasteiger charge is -2.43. The van der Waals surface area contributed by atoms with Gasteiger partial charge in [0.05, 0.1) is 19.8 Å². The number of benzene rings is 1. The quantitative estimate of drug-likeness (QED) is 0.737. The molecule has 0 unspecified atom stereocenters. The van der Waals surface area contributed by atoms with Crippen LogP contribution in [0.25, 0.3) is 0 Å². The fourth-order valence-corrected chi connectivity index (χ4v) is 3.10. The molecule has 1 aliphatic rings. The second-order valence-corrected chi connectivity index (χ2v) is 6.41. The number of hydrogen-bond acceptors (Lipinski definition) is 3. The van der Waals surface area contributed by atoms with Crippen LogP contribution >= 0.6 is 0 Å². The molecule has 0 N–H and O–H groups in total. The minimum absolute atomic E-state index is 0.338. The van der Waals surface area contributed by atoms with E-state index in [9.17, 15) is 0 Å². The van der Waals surface area contributed by atoms with E-state index >= 15 is 0 Å². The first kappa shape index (κ1) is 17.3. The Kier molecular flexibility index (Phi) is 6.27. The maximum atomic E-state index is 6.34. The Bertz CT molecular complexity index is 442. The lowest BCUT2D eigenvalue weighted by Crippen LogP contribution is -2.47. The molecule has 0 spiro atoms. The van der Waals surface area contributed by atoms with Gasteiger partial charge in [0.2, 0.25) is 0 Å². The average Bonchev–Trinajstić information content (AvgIpc) is 2.54. The molecule has 0 aromatic heterocycles. The fraction of sp³-hybridized carbons (Fsp3) is 0.684. The Hall–Kier alpha value is -1.06. The van der Waals surface area contributed by atoms with E-state index in [-0.39, 0.29) is 0 Å². The van der Waals surface area contributed by atoms with Gasteiger partial charge in [0, 0.05) is 12.3 Å². The van der Waals surface area contributed by atoms with Crippen molar-refractivity contribution in [1.29, 1.82) is 0 Å². The summed E-state index contributed by atoms with van der Waals surface area (Å²) in [5, 5.41) is 0. The van der Waals surface area contributed by atoms with Crippen molar-refractivity contribution in [2.45, 2.75) is 64.8 Å². The van der Waals surface area contributed by atoms with Crippen molar-refractivity contribution in [2.75, 3.05) is 13.7 Å². The van der Waals surface area contributed by atoms with Crippen molar-refractivity contribution in [1.82, 2.24) is 0 Å². The normalized spacial score (nSPS) is 28.5. The highest BCUT2D eigenvalue weighted by Gasteiger charge is 2.38. The third-order valence-corrected chi connectivity index (χ3v) is 4.65. The van der Waals surface area contributed by atoms with Gasteiger partial charge in [0.1, 0.15) is 5.75 Å². The fourth-order valence-electron chi connectivity index (χ4n) is 3.10. The van der Waals surface area contributed by atoms with Gasteiger partial charge >= 0.3 is 0 Å². The molecule has 22 heavy (non-hydrogen) atoms. The summed E-state index contributed by atoms with van der Waals surface area (Å²) >= 11 is 0. The highest BCUT2D eigenvalue weighted by molar-refractivity contribution is 5.27. The minimum Gasteiger partial charge on any atom is -0.497 e. The Balaban J connectivity index is 1.92. The Morgan fingerprint density at radius 3 is 2.55 bits per heavy atom. The zero-order valence-corrected chi connectivity index (χ0v) is 14.4. The highest BCUT2D eigenvalue weighted by Crippen LogP contribution is 2.33. The van der Waals surface area contributed by atoms with E-state index in [1.165, 1.54) is 5.56 Å². The summed E-state index contributed by atoms with van der Waals surface area (Å²) in [6.07, 6.45) is 5.59. The van der Waals surface area contributed by atoms with Crippen LogP contribution in [0.1, 0.15) is 52.0 Å². The maximum Gasteiger partial charge on any atom is 0.166 e. The molecule has 1 heterocycles. The topological polar surface area (TPSA) is 27.7 Å². The van der Waals surface area contributed by atoms with Crippen molar-refractivity contribution in [2.24, 2.45) is 5.92 Å². The first-order valence-corrected chi connectivity index (χ1v) is 8.55. The summed E-state index contributed by atoms with van der Waals surface area (Å²) in [7, 11) is 1.69. The Morgan fingerprint density at radius 2 is 1.95 bits per heavy atom. The standard InChI is InChI=1S/C19H30O3/c1-5-7-18-16(6-2)14-21-19(3,22-18)13-12-15-8-10-17(20-4)11-9-15/h8-11,16,18H,5-7,12-14H2,1-4H3/t16-,18+,19+/m0/s1. The molecule has 1 aromatic carbocycles. The summed E-state index contributed by atoms with van der Waals surface area (Å²) < 4.78 is 17.6. The van der Waals surface area contributed by atoms with E-state index in [4.69, 9.17) is 14.2 Å². The van der Waals surface area contributed by atoms with Crippen molar-refractivity contribution in [3.05, 3.63) is 29.8 Å². The first-order chi connectivity index (χ1) is 10.6. The van der Waals surface area contributed by atoms with Gasteiger partial charge in [-0.25, -0.2) is 0 Å². The van der Waals surface area contributed by atoms with Gasteiger partial charge in [-0.05, 0) is 43.9 Å². The molecule has 0 aliphatic carbocycles. The van der Waals surface area contributed by atoms with Crippen LogP contribution in [0.2, 0.25) is 0 Å². The van der Waals surface area contributed by atoms with Crippen molar-refractivity contribution >= 4 is 0 Å². The maximum absolute atomic E-state index is 6.34. The molecule has 0 saturated carbocycles. The van der Waals surface area contributed by atoms with Crippen LogP contribution in [-0.4, -0.2) is 25.6 Å². The number of methoxy groups -OCH3 is 1. The van der Waals surface area contributed by atoms with Crippen LogP contribution in [0, 0.1) is 5.92 Å². The van der Waals surface area contributed by atoms with E-state index < -0.39 is 5.79 Å². The third kappa shape index (κ3) is 4.47. The zero-order valence-electron chi connectivity index (χ0n) is 14.4. The predicted molar refractivity (Wildman–Crippen MR) is 89.2 cm³/mol. The van der Waals surface area contributed by atoms with Crippen LogP contribution in [-0.2, 0) is 15.9 Å². The van der Waals surface area contributed by atoms with Gasteiger partial charge in [-0.15, -0.1) is 0 Å². The largest absolute Gasteiger partial charge is 0.497 e. The third-order valence-electron chi connectivity index (χ3n) is 4.65. The van der Waals surface area contributed by atoms with Gasteiger partial charge in [0.15, 0.2) is 5.79 Å². The number of aryl methyl sites for hydroxylation is 1. The number of rotatable bonds is 7. The lowest BCUT2D eigenvalue weighted by atomic mass is 9.94. The average molecular weight is 306 g/mol. The predicted octanol–water partition coefficient (Wildman–Crippen LogP) is 4.59. The van der Waals surface area contributed by atoms with Crippen molar-refractivity contribution in [3.8, 4) is 5.75 Å². The molecule has 0 bridgehead atoms. The molecule has 0 amide bonds. The lowest BCUT2D eigenvalue weighted by molar-refractivity contribution is -0.306. The summed E-state index contributed by atoms with van der Waals surface area (Å²) in [6, 6.07) is 8.24. The summed E-state index contributed by atoms with van der Waals surface area (Å²) in [5.74, 6) is 0.980. The van der Waals surface area contributed by atoms with Gasteiger partial charge in [-0.1, -0.05) is 32.4 Å². The van der Waals surface area contributed by atoms with E-state index in [1.807, 2.05) is 12.1 Å². The van der Waals surface area contributed by atoms with Gasteiger partial charge in [0.25, 0.3) is 0 Å². The highest BCUT2D eigenvalue weighted by atomic mass is 16.7. The zero-order chi connectivity index (χ0) is 16.0. The van der Waals surface area contributed by atoms with Gasteiger partial charge in [-0.2, -0.15) is 0 Å². The van der Waals surface area contributed by atoms with Crippen LogP contribution in [0.3, 0.4) is 0 Å². The second-order valence-electron chi connectivity index (χ2n) is 6.41. The van der Waals surface area contributed by atoms with E-state index in [0.29, 0.717) is 12.0 Å². The van der Waals surface area contributed by atoms with Crippen LogP contribution in [0.5, 0.6) is 5.75 Å². The molecule has 3 atom stereocenters. The Labute approximate surface area is 135 Å². The van der Waals surface area contributed by atoms with Gasteiger partial charge in [-0.3, -0.25) is 0 Å². The van der Waals surface area contributed by atoms with E-state index in [2.05, 4.69) is 32.9 Å². The van der Waals surface area contributed by atoms with E-state index in [1.54, 1.807) is 7.11 Å². The summed E-state index contributed by atoms with van der Waals surface area (Å²) in [4.78, 5) is 0.